The summed E-state index contributed by atoms with van der Waals surface area (Å²) in [6, 6.07) is 0. The molecule has 0 radical (unpaired) electrons. The summed E-state index contributed by atoms with van der Waals surface area (Å²) in [5.74, 6) is -1.27. The molecule has 116 valence electrons. The molecule has 0 saturated carbocycles. The summed E-state index contributed by atoms with van der Waals surface area (Å²) in [6.45, 7) is 0. The van der Waals surface area contributed by atoms with E-state index < -0.39 is 18.0 Å². The third-order valence-electron chi connectivity index (χ3n) is 2.56. The van der Waals surface area contributed by atoms with Gasteiger partial charge in [0.15, 0.2) is 0 Å². The van der Waals surface area contributed by atoms with Gasteiger partial charge in [0, 0.05) is 24.6 Å². The Morgan fingerprint density at radius 1 is 1.32 bits per heavy atom. The van der Waals surface area contributed by atoms with E-state index >= 15 is 0 Å². The molecule has 1 aliphatic heterocycles. The van der Waals surface area contributed by atoms with Gasteiger partial charge in [-0.3, -0.25) is 15.0 Å². The van der Waals surface area contributed by atoms with Gasteiger partial charge < -0.3 is 10.7 Å². The number of carbonyl (C=O) groups excluding carboxylic acids is 2. The predicted octanol–water partition coefficient (Wildman–Crippen LogP) is 0.153. The smallest absolute Gasteiger partial charge is 0.313 e. The van der Waals surface area contributed by atoms with Crippen molar-refractivity contribution in [2.24, 2.45) is 20.6 Å². The quantitative estimate of drug-likeness (QED) is 0.189. The zero-order valence-corrected chi connectivity index (χ0v) is 11.2. The third kappa shape index (κ3) is 4.06. The Balaban J connectivity index is 3.03. The molecule has 7 N–H and O–H groups in total. The number of carbonyl (C=O) groups is 2. The summed E-state index contributed by atoms with van der Waals surface area (Å²) in [6.07, 6.45) is -0.0250. The molecule has 0 bridgehead atoms. The average Bonchev–Trinajstić information content (AvgIpc) is 2.52. The molecule has 1 unspecified atom stereocenters. The maximum absolute atomic E-state index is 11.6. The van der Waals surface area contributed by atoms with Crippen LogP contribution in [0, 0.1) is 22.0 Å². The van der Waals surface area contributed by atoms with Crippen molar-refractivity contribution >= 4 is 23.9 Å². The van der Waals surface area contributed by atoms with Gasteiger partial charge in [0.05, 0.1) is 0 Å². The monoisotopic (exact) mass is 307 g/mol. The van der Waals surface area contributed by atoms with Gasteiger partial charge in [0.25, 0.3) is 0 Å². The van der Waals surface area contributed by atoms with Crippen LogP contribution >= 0.6 is 0 Å². The van der Waals surface area contributed by atoms with Crippen LogP contribution in [-0.2, 0) is 9.59 Å². The lowest BCUT2D eigenvalue weighted by Gasteiger charge is -2.25. The van der Waals surface area contributed by atoms with Gasteiger partial charge in [-0.25, -0.2) is 15.9 Å². The molecule has 13 nitrogen and oxygen atoms in total. The van der Waals surface area contributed by atoms with Crippen LogP contribution in [0.25, 0.3) is 0 Å². The van der Waals surface area contributed by atoms with Crippen molar-refractivity contribution in [3.05, 3.63) is 11.3 Å². The predicted molar refractivity (Wildman–Crippen MR) is 71.1 cm³/mol. The first-order valence-electron chi connectivity index (χ1n) is 5.85. The Bertz CT molecular complexity index is 578. The molecule has 13 heteroatoms. The van der Waals surface area contributed by atoms with Gasteiger partial charge in [-0.15, -0.1) is 5.11 Å². The number of rotatable bonds is 8. The van der Waals surface area contributed by atoms with Gasteiger partial charge in [0.1, 0.15) is 17.7 Å². The minimum Gasteiger partial charge on any atom is -0.349 e. The molecule has 0 fully saturated rings. The fraction of sp³-hybridized carbons (Fsp3) is 0.333. The lowest BCUT2D eigenvalue weighted by atomic mass is 10.1. The largest absolute Gasteiger partial charge is 0.349 e. The van der Waals surface area contributed by atoms with E-state index in [9.17, 15) is 9.59 Å². The van der Waals surface area contributed by atoms with Crippen LogP contribution < -0.4 is 16.2 Å². The molecule has 0 aliphatic carbocycles. The third-order valence-corrected chi connectivity index (χ3v) is 2.56. The Kier molecular flexibility index (Phi) is 6.09. The van der Waals surface area contributed by atoms with E-state index in [0.29, 0.717) is 0 Å². The fourth-order valence-corrected chi connectivity index (χ4v) is 1.63. The van der Waals surface area contributed by atoms with Gasteiger partial charge >= 0.3 is 5.91 Å². The summed E-state index contributed by atoms with van der Waals surface area (Å²) in [5, 5.41) is 18.5. The van der Waals surface area contributed by atoms with Crippen LogP contribution in [0.1, 0.15) is 12.8 Å². The molecule has 1 atom stereocenters. The molecule has 1 rings (SSSR count). The van der Waals surface area contributed by atoms with Crippen molar-refractivity contribution in [1.29, 1.82) is 22.0 Å². The Morgan fingerprint density at radius 3 is 2.59 bits per heavy atom. The van der Waals surface area contributed by atoms with Crippen LogP contribution in [0.15, 0.2) is 31.8 Å². The van der Waals surface area contributed by atoms with Crippen LogP contribution in [0.2, 0.25) is 0 Å². The second-order valence-electron chi connectivity index (χ2n) is 3.89. The van der Waals surface area contributed by atoms with Crippen LogP contribution in [0.4, 0.5) is 0 Å². The van der Waals surface area contributed by atoms with Crippen molar-refractivity contribution in [2.45, 2.75) is 19.0 Å². The highest BCUT2D eigenvalue weighted by atomic mass is 16.2. The highest BCUT2D eigenvalue weighted by Gasteiger charge is 2.27. The highest BCUT2D eigenvalue weighted by molar-refractivity contribution is 6.04. The van der Waals surface area contributed by atoms with Gasteiger partial charge in [0.2, 0.25) is 5.91 Å². The molecule has 1 heterocycles. The van der Waals surface area contributed by atoms with Gasteiger partial charge in [-0.05, 0) is 0 Å². The van der Waals surface area contributed by atoms with Crippen molar-refractivity contribution in [1.82, 2.24) is 16.2 Å². The van der Waals surface area contributed by atoms with E-state index in [1.54, 1.807) is 0 Å². The van der Waals surface area contributed by atoms with E-state index in [2.05, 4.69) is 31.3 Å². The molecule has 0 aromatic heterocycles. The lowest BCUT2D eigenvalue weighted by molar-refractivity contribution is -0.121. The van der Waals surface area contributed by atoms with Crippen molar-refractivity contribution in [3.63, 3.8) is 0 Å². The summed E-state index contributed by atoms with van der Waals surface area (Å²) < 4.78 is 0. The van der Waals surface area contributed by atoms with E-state index in [1.807, 2.05) is 5.43 Å². The normalized spacial score (nSPS) is 16.7. The number of nitrogens with one attached hydrogen (secondary N) is 7. The topological polar surface area (TPSA) is 215 Å². The maximum Gasteiger partial charge on any atom is 0.313 e. The molecule has 22 heavy (non-hydrogen) atoms. The minimum absolute atomic E-state index is 0.0572. The van der Waals surface area contributed by atoms with Crippen LogP contribution in [-0.4, -0.2) is 30.0 Å². The van der Waals surface area contributed by atoms with Crippen molar-refractivity contribution < 1.29 is 9.59 Å². The first-order valence-corrected chi connectivity index (χ1v) is 5.85. The molecule has 0 saturated heterocycles. The second-order valence-corrected chi connectivity index (χ2v) is 3.89. The van der Waals surface area contributed by atoms with Crippen LogP contribution in [0.5, 0.6) is 0 Å². The Morgan fingerprint density at radius 2 is 2.05 bits per heavy atom. The fourth-order valence-electron chi connectivity index (χ4n) is 1.63. The average molecular weight is 307 g/mol. The zero-order chi connectivity index (χ0) is 16.5. The van der Waals surface area contributed by atoms with Crippen LogP contribution in [0.3, 0.4) is 0 Å². The van der Waals surface area contributed by atoms with E-state index in [0.717, 1.165) is 6.21 Å². The summed E-state index contributed by atoms with van der Waals surface area (Å²) in [5.41, 5.74) is 24.1. The first-order chi connectivity index (χ1) is 10.6. The standard InChI is InChI=1S/C9H13N11O2/c10-3-4-7(9(22)16-11)14-5(15-8(4)18-20-13)1-2-6(21)17-19-12/h3,8,10-11H,1-2H2,(H2,13,18)(H,14,15)(H2,12,17,21). The SMILES string of the molecule is N=CC1=C(C(=O)N=N)N=C(CCC(=O)NN=N)NC1NN=N. The number of amidine groups is 1. The second kappa shape index (κ2) is 8.03. The van der Waals surface area contributed by atoms with Crippen molar-refractivity contribution in [2.75, 3.05) is 0 Å². The van der Waals surface area contributed by atoms with Gasteiger partial charge in [-0.2, -0.15) is 11.1 Å². The molecular weight excluding hydrogens is 294 g/mol. The first kappa shape index (κ1) is 16.7. The maximum atomic E-state index is 11.6. The Labute approximate surface area is 123 Å². The van der Waals surface area contributed by atoms with Crippen molar-refractivity contribution in [3.8, 4) is 0 Å². The highest BCUT2D eigenvalue weighted by Crippen LogP contribution is 2.16. The molecule has 0 spiro atoms. The summed E-state index contributed by atoms with van der Waals surface area (Å²) >= 11 is 0. The summed E-state index contributed by atoms with van der Waals surface area (Å²) in [4.78, 5) is 26.8. The summed E-state index contributed by atoms with van der Waals surface area (Å²) in [7, 11) is 0. The Hall–Kier alpha value is -3.38. The lowest BCUT2D eigenvalue weighted by Crippen LogP contribution is -2.48. The molecule has 1 aliphatic rings. The van der Waals surface area contributed by atoms with Gasteiger partial charge in [-0.1, -0.05) is 10.4 Å². The zero-order valence-electron chi connectivity index (χ0n) is 11.2. The molecule has 0 aromatic rings. The molecule has 0 aromatic carbocycles. The van der Waals surface area contributed by atoms with E-state index in [4.69, 9.17) is 22.0 Å². The number of aliphatic imine (C=N–C) groups is 1. The number of hydrogen-bond donors (Lipinski definition) is 7. The molecule has 2 amide bonds. The minimum atomic E-state index is -0.958. The number of nitrogens with zero attached hydrogens (tertiary/aromatic N) is 4. The van der Waals surface area contributed by atoms with E-state index in [-0.39, 0.29) is 29.9 Å². The van der Waals surface area contributed by atoms with E-state index in [1.165, 1.54) is 0 Å². The molecular formula is C9H13N11O2. The number of amides is 2. The number of hydrogen-bond acceptors (Lipinski definition) is 10.